The van der Waals surface area contributed by atoms with Crippen LogP contribution in [0.25, 0.3) is 0 Å². The van der Waals surface area contributed by atoms with Crippen molar-refractivity contribution >= 4 is 42.1 Å². The van der Waals surface area contributed by atoms with Crippen molar-refractivity contribution in [2.45, 2.75) is 19.3 Å². The molecule has 0 aliphatic carbocycles. The van der Waals surface area contributed by atoms with Crippen LogP contribution in [-0.4, -0.2) is 30.5 Å². The first kappa shape index (κ1) is 17.6. The number of carbonyl (C=O) groups is 1. The minimum Gasteiger partial charge on any atom is -0.351 e. The highest BCUT2D eigenvalue weighted by atomic mass is 35.5. The monoisotopic (exact) mass is 311 g/mol. The summed E-state index contributed by atoms with van der Waals surface area (Å²) < 4.78 is 0. The van der Waals surface area contributed by atoms with Crippen LogP contribution in [0.3, 0.4) is 0 Å². The van der Waals surface area contributed by atoms with Gasteiger partial charge in [0.15, 0.2) is 0 Å². The Hall–Kier alpha value is -0.360. The first-order chi connectivity index (χ1) is 7.86. The Morgan fingerprint density at radius 1 is 1.56 bits per heavy atom. The van der Waals surface area contributed by atoms with E-state index in [4.69, 9.17) is 0 Å². The molecule has 18 heavy (non-hydrogen) atoms. The van der Waals surface area contributed by atoms with Gasteiger partial charge in [0.1, 0.15) is 5.69 Å². The van der Waals surface area contributed by atoms with Crippen molar-refractivity contribution in [1.29, 1.82) is 0 Å². The molecule has 7 heteroatoms. The Labute approximate surface area is 124 Å². The molecule has 1 atom stereocenters. The molecule has 104 valence electrons. The largest absolute Gasteiger partial charge is 0.351 e. The topological polar surface area (TPSA) is 54.0 Å². The van der Waals surface area contributed by atoms with Crippen molar-refractivity contribution < 1.29 is 4.79 Å². The van der Waals surface area contributed by atoms with Gasteiger partial charge in [-0.05, 0) is 38.3 Å². The first-order valence-corrected chi connectivity index (χ1v) is 6.67. The van der Waals surface area contributed by atoms with Gasteiger partial charge in [0.2, 0.25) is 0 Å². The predicted molar refractivity (Wildman–Crippen MR) is 79.2 cm³/mol. The summed E-state index contributed by atoms with van der Waals surface area (Å²) >= 11 is 1.45. The molecule has 1 aliphatic heterocycles. The summed E-state index contributed by atoms with van der Waals surface area (Å²) in [7, 11) is 0. The molecular weight excluding hydrogens is 293 g/mol. The zero-order chi connectivity index (χ0) is 11.2. The number of nitrogens with zero attached hydrogens (tertiary/aromatic N) is 1. The highest BCUT2D eigenvalue weighted by Crippen LogP contribution is 2.12. The van der Waals surface area contributed by atoms with E-state index in [1.807, 2.05) is 0 Å². The molecule has 1 fully saturated rings. The van der Waals surface area contributed by atoms with Crippen LogP contribution in [0.15, 0.2) is 10.9 Å². The molecule has 1 amide bonds. The first-order valence-electron chi connectivity index (χ1n) is 5.73. The summed E-state index contributed by atoms with van der Waals surface area (Å²) in [6, 6.07) is 0. The SMILES string of the molecule is Cl.Cl.O=C(NCCC1CCCNC1)c1cscn1. The van der Waals surface area contributed by atoms with Crippen molar-refractivity contribution in [3.05, 3.63) is 16.6 Å². The molecule has 4 nitrogen and oxygen atoms in total. The van der Waals surface area contributed by atoms with Crippen molar-refractivity contribution in [3.63, 3.8) is 0 Å². The van der Waals surface area contributed by atoms with Crippen LogP contribution in [0.4, 0.5) is 0 Å². The van der Waals surface area contributed by atoms with Crippen molar-refractivity contribution in [1.82, 2.24) is 15.6 Å². The number of hydrogen-bond donors (Lipinski definition) is 2. The van der Waals surface area contributed by atoms with E-state index in [2.05, 4.69) is 15.6 Å². The van der Waals surface area contributed by atoms with Gasteiger partial charge < -0.3 is 10.6 Å². The molecule has 0 radical (unpaired) electrons. The zero-order valence-electron chi connectivity index (χ0n) is 10.1. The highest BCUT2D eigenvalue weighted by molar-refractivity contribution is 7.07. The Balaban J connectivity index is 0.00000144. The maximum absolute atomic E-state index is 11.6. The highest BCUT2D eigenvalue weighted by Gasteiger charge is 2.13. The third kappa shape index (κ3) is 5.52. The number of amides is 1. The van der Waals surface area contributed by atoms with Crippen LogP contribution in [-0.2, 0) is 0 Å². The molecule has 2 rings (SSSR count). The lowest BCUT2D eigenvalue weighted by Crippen LogP contribution is -2.33. The van der Waals surface area contributed by atoms with E-state index in [1.54, 1.807) is 10.9 Å². The fourth-order valence-electron chi connectivity index (χ4n) is 1.98. The average molecular weight is 312 g/mol. The van der Waals surface area contributed by atoms with Crippen LogP contribution >= 0.6 is 36.2 Å². The van der Waals surface area contributed by atoms with E-state index in [0.717, 1.165) is 26.1 Å². The summed E-state index contributed by atoms with van der Waals surface area (Å²) in [4.78, 5) is 15.5. The minimum atomic E-state index is -0.0509. The molecule has 1 aromatic rings. The van der Waals surface area contributed by atoms with Crippen LogP contribution in [0.2, 0.25) is 0 Å². The second kappa shape index (κ2) is 9.55. The van der Waals surface area contributed by atoms with Crippen LogP contribution in [0.1, 0.15) is 29.8 Å². The maximum Gasteiger partial charge on any atom is 0.270 e. The van der Waals surface area contributed by atoms with E-state index >= 15 is 0 Å². The lowest BCUT2D eigenvalue weighted by molar-refractivity contribution is 0.0946. The zero-order valence-corrected chi connectivity index (χ0v) is 12.5. The summed E-state index contributed by atoms with van der Waals surface area (Å²) in [5, 5.41) is 8.06. The van der Waals surface area contributed by atoms with Gasteiger partial charge in [-0.1, -0.05) is 0 Å². The molecule has 0 aromatic carbocycles. The van der Waals surface area contributed by atoms with Gasteiger partial charge in [-0.25, -0.2) is 4.98 Å². The molecular formula is C11H19Cl2N3OS. The number of hydrogen-bond acceptors (Lipinski definition) is 4. The van der Waals surface area contributed by atoms with E-state index in [9.17, 15) is 4.79 Å². The van der Waals surface area contributed by atoms with E-state index < -0.39 is 0 Å². The van der Waals surface area contributed by atoms with Gasteiger partial charge in [-0.3, -0.25) is 4.79 Å². The van der Waals surface area contributed by atoms with Crippen molar-refractivity contribution in [3.8, 4) is 0 Å². The predicted octanol–water partition coefficient (Wildman–Crippen LogP) is 2.11. The number of halogens is 2. The van der Waals surface area contributed by atoms with Crippen LogP contribution in [0, 0.1) is 5.92 Å². The molecule has 2 N–H and O–H groups in total. The quantitative estimate of drug-likeness (QED) is 0.895. The third-order valence-electron chi connectivity index (χ3n) is 2.90. The normalized spacial score (nSPS) is 18.3. The number of aromatic nitrogens is 1. The summed E-state index contributed by atoms with van der Waals surface area (Å²) in [5.41, 5.74) is 2.21. The molecule has 1 aromatic heterocycles. The lowest BCUT2D eigenvalue weighted by Gasteiger charge is -2.22. The standard InChI is InChI=1S/C11H17N3OS.2ClH/c15-11(10-7-16-8-14-10)13-5-3-9-2-1-4-12-6-9;;/h7-9,12H,1-6H2,(H,13,15);2*1H. The van der Waals surface area contributed by atoms with E-state index in [0.29, 0.717) is 11.6 Å². The molecule has 2 heterocycles. The Kier molecular flexibility index (Phi) is 9.36. The number of piperidine rings is 1. The molecule has 1 unspecified atom stereocenters. The minimum absolute atomic E-state index is 0. The third-order valence-corrected chi connectivity index (χ3v) is 3.49. The molecule has 0 spiro atoms. The summed E-state index contributed by atoms with van der Waals surface area (Å²) in [5.74, 6) is 0.662. The van der Waals surface area contributed by atoms with Gasteiger partial charge >= 0.3 is 0 Å². The fraction of sp³-hybridized carbons (Fsp3) is 0.636. The van der Waals surface area contributed by atoms with Crippen molar-refractivity contribution in [2.24, 2.45) is 5.92 Å². The Morgan fingerprint density at radius 2 is 2.39 bits per heavy atom. The fourth-order valence-corrected chi connectivity index (χ4v) is 2.51. The maximum atomic E-state index is 11.6. The number of nitrogens with one attached hydrogen (secondary N) is 2. The lowest BCUT2D eigenvalue weighted by atomic mass is 9.96. The smallest absolute Gasteiger partial charge is 0.270 e. The number of thiazole rings is 1. The van der Waals surface area contributed by atoms with Crippen molar-refractivity contribution in [2.75, 3.05) is 19.6 Å². The van der Waals surface area contributed by atoms with Crippen LogP contribution < -0.4 is 10.6 Å². The van der Waals surface area contributed by atoms with E-state index in [-0.39, 0.29) is 30.7 Å². The molecule has 0 bridgehead atoms. The van der Waals surface area contributed by atoms with Gasteiger partial charge in [-0.2, -0.15) is 0 Å². The Bertz CT molecular complexity index is 329. The summed E-state index contributed by atoms with van der Waals surface area (Å²) in [6.45, 7) is 2.98. The van der Waals surface area contributed by atoms with E-state index in [1.165, 1.54) is 24.2 Å². The summed E-state index contributed by atoms with van der Waals surface area (Å²) in [6.07, 6.45) is 3.59. The van der Waals surface area contributed by atoms with Gasteiger partial charge in [0.05, 0.1) is 5.51 Å². The van der Waals surface area contributed by atoms with Gasteiger partial charge in [0, 0.05) is 11.9 Å². The Morgan fingerprint density at radius 3 is 3.00 bits per heavy atom. The van der Waals surface area contributed by atoms with Gasteiger partial charge in [0.25, 0.3) is 5.91 Å². The number of rotatable bonds is 4. The second-order valence-electron chi connectivity index (χ2n) is 4.13. The number of carbonyl (C=O) groups excluding carboxylic acids is 1. The van der Waals surface area contributed by atoms with Crippen LogP contribution in [0.5, 0.6) is 0 Å². The molecule has 1 aliphatic rings. The molecule has 1 saturated heterocycles. The second-order valence-corrected chi connectivity index (χ2v) is 4.85. The average Bonchev–Trinajstić information content (AvgIpc) is 2.84. The van der Waals surface area contributed by atoms with Gasteiger partial charge in [-0.15, -0.1) is 36.2 Å². The molecule has 0 saturated carbocycles.